The van der Waals surface area contributed by atoms with Crippen molar-refractivity contribution in [3.05, 3.63) is 0 Å². The van der Waals surface area contributed by atoms with Crippen molar-refractivity contribution in [3.63, 3.8) is 0 Å². The molecule has 16 heteroatoms. The van der Waals surface area contributed by atoms with Crippen LogP contribution in [0.2, 0.25) is 0 Å². The van der Waals surface area contributed by atoms with Crippen molar-refractivity contribution in [3.8, 4) is 0 Å². The van der Waals surface area contributed by atoms with Gasteiger partial charge in [-0.25, -0.2) is 16.8 Å². The van der Waals surface area contributed by atoms with Gasteiger partial charge in [0.05, 0.1) is 12.6 Å². The van der Waals surface area contributed by atoms with Crippen molar-refractivity contribution in [2.24, 2.45) is 5.73 Å². The van der Waals surface area contributed by atoms with Crippen molar-refractivity contribution < 1.29 is 108 Å². The number of aliphatic hydroxyl groups is 2. The number of aliphatic hydroxyl groups excluding tert-OH is 2. The summed E-state index contributed by atoms with van der Waals surface area (Å²) in [6.07, 6.45) is -6.74. The van der Waals surface area contributed by atoms with Crippen molar-refractivity contribution >= 4 is 27.1 Å². The van der Waals surface area contributed by atoms with Crippen LogP contribution in [0.3, 0.4) is 0 Å². The topological polar surface area (TPSA) is 216 Å². The molecular formula is C6H11NNa2O11S2. The van der Waals surface area contributed by atoms with Gasteiger partial charge in [0.15, 0.2) is 0 Å². The van der Waals surface area contributed by atoms with Gasteiger partial charge in [0.25, 0.3) is 0 Å². The average molecular weight is 383 g/mol. The van der Waals surface area contributed by atoms with Gasteiger partial charge in [0.2, 0.25) is 20.8 Å². The zero-order chi connectivity index (χ0) is 16.1. The number of aldehydes is 1. The Balaban J connectivity index is -0.00000180. The minimum absolute atomic E-state index is 0. The van der Waals surface area contributed by atoms with Gasteiger partial charge in [-0.2, -0.15) is 0 Å². The smallest absolute Gasteiger partial charge is 0.726 e. The Labute approximate surface area is 170 Å². The Morgan fingerprint density at radius 2 is 1.55 bits per heavy atom. The van der Waals surface area contributed by atoms with Gasteiger partial charge in [-0.15, -0.1) is 0 Å². The molecule has 0 aliphatic carbocycles. The zero-order valence-electron chi connectivity index (χ0n) is 11.6. The molecule has 0 aliphatic heterocycles. The van der Waals surface area contributed by atoms with Crippen LogP contribution in [0.5, 0.6) is 0 Å². The molecule has 22 heavy (non-hydrogen) atoms. The van der Waals surface area contributed by atoms with Gasteiger partial charge >= 0.3 is 59.1 Å². The van der Waals surface area contributed by atoms with Crippen LogP contribution < -0.4 is 64.8 Å². The van der Waals surface area contributed by atoms with Gasteiger partial charge in [-0.1, -0.05) is 0 Å². The molecule has 120 valence electrons. The molecular weight excluding hydrogens is 372 g/mol. The first kappa shape index (κ1) is 28.1. The fourth-order valence-electron chi connectivity index (χ4n) is 1.03. The SMILES string of the molecule is N[C@@H](C=O)[C@@H](OS(=O)(=O)[O-])[C@H](O)[C@H](O)COS(=O)(=O)[O-].[Na+].[Na+]. The first-order valence-electron chi connectivity index (χ1n) is 4.68. The molecule has 0 aromatic rings. The third kappa shape index (κ3) is 12.7. The Bertz CT molecular complexity index is 523. The molecule has 0 fully saturated rings. The Morgan fingerprint density at radius 3 is 1.86 bits per heavy atom. The standard InChI is InChI=1S/C6H13NO11S2.2Na/c7-3(1-8)6(18-20(14,15)16)5(10)4(9)2-17-19(11,12)13;;/h1,3-6,9-10H,2,7H2,(H,11,12,13)(H,14,15,16);;/q;2*+1/p-2/t3-,4+,5+,6+;;/m0../s1. The van der Waals surface area contributed by atoms with E-state index in [4.69, 9.17) is 5.73 Å². The molecule has 12 nitrogen and oxygen atoms in total. The van der Waals surface area contributed by atoms with Crippen LogP contribution in [0.25, 0.3) is 0 Å². The molecule has 0 saturated heterocycles. The van der Waals surface area contributed by atoms with E-state index >= 15 is 0 Å². The van der Waals surface area contributed by atoms with E-state index in [1.54, 1.807) is 0 Å². The molecule has 0 bridgehead atoms. The van der Waals surface area contributed by atoms with E-state index in [-0.39, 0.29) is 65.4 Å². The first-order chi connectivity index (χ1) is 8.87. The van der Waals surface area contributed by atoms with Crippen LogP contribution in [-0.4, -0.2) is 73.4 Å². The van der Waals surface area contributed by atoms with Gasteiger partial charge < -0.3 is 29.8 Å². The fraction of sp³-hybridized carbons (Fsp3) is 0.833. The third-order valence-corrected chi connectivity index (χ3v) is 2.76. The summed E-state index contributed by atoms with van der Waals surface area (Å²) in [5.74, 6) is 0. The Kier molecular flexibility index (Phi) is 15.0. The molecule has 4 N–H and O–H groups in total. The minimum Gasteiger partial charge on any atom is -0.726 e. The second kappa shape index (κ2) is 11.8. The number of carbonyl (C=O) groups excluding carboxylic acids is 1. The van der Waals surface area contributed by atoms with Crippen LogP contribution in [0.15, 0.2) is 0 Å². The first-order valence-corrected chi connectivity index (χ1v) is 7.35. The predicted molar refractivity (Wildman–Crippen MR) is 56.3 cm³/mol. The van der Waals surface area contributed by atoms with E-state index in [2.05, 4.69) is 8.37 Å². The maximum Gasteiger partial charge on any atom is 1.00 e. The molecule has 0 spiro atoms. The average Bonchev–Trinajstić information content (AvgIpc) is 2.29. The predicted octanol–water partition coefficient (Wildman–Crippen LogP) is -10.4. The van der Waals surface area contributed by atoms with Gasteiger partial charge in [0.1, 0.15) is 24.6 Å². The number of hydrogen-bond acceptors (Lipinski definition) is 12. The zero-order valence-corrected chi connectivity index (χ0v) is 17.2. The molecule has 0 rings (SSSR count). The van der Waals surface area contributed by atoms with Gasteiger partial charge in [-0.05, 0) is 0 Å². The summed E-state index contributed by atoms with van der Waals surface area (Å²) in [6, 6.07) is -1.83. The van der Waals surface area contributed by atoms with Crippen molar-refractivity contribution in [1.29, 1.82) is 0 Å². The van der Waals surface area contributed by atoms with E-state index in [1.807, 2.05) is 0 Å². The molecule has 0 saturated carbocycles. The van der Waals surface area contributed by atoms with E-state index in [9.17, 15) is 40.9 Å². The number of carbonyl (C=O) groups is 1. The molecule has 0 unspecified atom stereocenters. The van der Waals surface area contributed by atoms with E-state index in [0.29, 0.717) is 0 Å². The van der Waals surface area contributed by atoms with Crippen molar-refractivity contribution in [2.75, 3.05) is 6.61 Å². The summed E-state index contributed by atoms with van der Waals surface area (Å²) < 4.78 is 68.9. The van der Waals surface area contributed by atoms with Crippen LogP contribution in [-0.2, 0) is 34.0 Å². The number of rotatable bonds is 9. The van der Waals surface area contributed by atoms with Gasteiger partial charge in [0, 0.05) is 0 Å². The largest absolute Gasteiger partial charge is 1.00 e. The van der Waals surface area contributed by atoms with E-state index in [1.165, 1.54) is 0 Å². The maximum atomic E-state index is 10.4. The maximum absolute atomic E-state index is 10.4. The van der Waals surface area contributed by atoms with E-state index in [0.717, 1.165) is 0 Å². The van der Waals surface area contributed by atoms with Crippen LogP contribution in [0, 0.1) is 0 Å². The molecule has 0 amide bonds. The molecule has 0 aromatic carbocycles. The summed E-state index contributed by atoms with van der Waals surface area (Å²) in [6.45, 7) is -1.27. The monoisotopic (exact) mass is 383 g/mol. The molecule has 0 radical (unpaired) electrons. The van der Waals surface area contributed by atoms with Crippen LogP contribution >= 0.6 is 0 Å². The van der Waals surface area contributed by atoms with Crippen LogP contribution in [0.4, 0.5) is 0 Å². The number of nitrogens with two attached hydrogens (primary N) is 1. The summed E-state index contributed by atoms with van der Waals surface area (Å²) in [5, 5.41) is 18.7. The normalized spacial score (nSPS) is 17.3. The minimum atomic E-state index is -5.38. The van der Waals surface area contributed by atoms with Crippen molar-refractivity contribution in [2.45, 2.75) is 24.4 Å². The molecule has 0 aromatic heterocycles. The third-order valence-electron chi connectivity index (χ3n) is 1.88. The Morgan fingerprint density at radius 1 is 1.09 bits per heavy atom. The molecule has 0 heterocycles. The second-order valence-electron chi connectivity index (χ2n) is 3.43. The summed E-state index contributed by atoms with van der Waals surface area (Å²) in [4.78, 5) is 10.4. The Hall–Kier alpha value is 1.29. The van der Waals surface area contributed by atoms with Gasteiger partial charge in [-0.3, -0.25) is 8.37 Å². The number of hydrogen-bond donors (Lipinski definition) is 3. The second-order valence-corrected chi connectivity index (χ2v) is 5.49. The fourth-order valence-corrected chi connectivity index (χ4v) is 1.85. The van der Waals surface area contributed by atoms with E-state index < -0.39 is 51.8 Å². The quantitative estimate of drug-likeness (QED) is 0.146. The molecule has 0 aliphatic rings. The molecule has 4 atom stereocenters. The summed E-state index contributed by atoms with van der Waals surface area (Å²) in [5.41, 5.74) is 5.06. The van der Waals surface area contributed by atoms with Crippen LogP contribution in [0.1, 0.15) is 0 Å². The van der Waals surface area contributed by atoms with Crippen molar-refractivity contribution in [1.82, 2.24) is 0 Å². The summed E-state index contributed by atoms with van der Waals surface area (Å²) in [7, 11) is -10.6. The summed E-state index contributed by atoms with van der Waals surface area (Å²) >= 11 is 0.